The summed E-state index contributed by atoms with van der Waals surface area (Å²) in [5.41, 5.74) is 5.50. The van der Waals surface area contributed by atoms with Crippen LogP contribution in [0.2, 0.25) is 0 Å². The van der Waals surface area contributed by atoms with E-state index in [2.05, 4.69) is 51.1 Å². The molecule has 1 rings (SSSR count). The molecule has 1 aliphatic heterocycles. The molecule has 8 amide bonds. The zero-order valence-electron chi connectivity index (χ0n) is 46.1. The maximum Gasteiger partial charge on any atom is 0.329 e. The number of carboxylic acid groups (broad SMARTS) is 1. The van der Waals surface area contributed by atoms with Crippen LogP contribution in [0.25, 0.3) is 0 Å². The summed E-state index contributed by atoms with van der Waals surface area (Å²) in [6.45, 7) is 22.0. The van der Waals surface area contributed by atoms with Crippen LogP contribution in [-0.2, 0) is 52.7 Å². The predicted molar refractivity (Wildman–Crippen MR) is 278 cm³/mol. The number of aliphatic carboxylic acids is 1. The number of carbonyl (C=O) groups excluding carboxylic acids is 9. The summed E-state index contributed by atoms with van der Waals surface area (Å²) >= 11 is 0. The number of carbonyl (C=O) groups is 10. The van der Waals surface area contributed by atoms with Crippen molar-refractivity contribution in [3.8, 4) is 0 Å². The van der Waals surface area contributed by atoms with Crippen LogP contribution in [0.1, 0.15) is 192 Å². The lowest BCUT2D eigenvalue weighted by atomic mass is 9.97. The Labute approximate surface area is 434 Å². The first-order valence-corrected chi connectivity index (χ1v) is 27.0. The third-order valence-corrected chi connectivity index (χ3v) is 13.2. The van der Waals surface area contributed by atoms with Crippen LogP contribution >= 0.6 is 0 Å². The molecule has 0 aromatic rings. The van der Waals surface area contributed by atoms with Gasteiger partial charge in [-0.15, -0.1) is 0 Å². The van der Waals surface area contributed by atoms with Gasteiger partial charge in [0.25, 0.3) is 0 Å². The lowest BCUT2D eigenvalue weighted by Crippen LogP contribution is -2.61. The average molecular weight is 1040 g/mol. The highest BCUT2D eigenvalue weighted by Crippen LogP contribution is 2.20. The van der Waals surface area contributed by atoms with E-state index in [1.54, 1.807) is 34.6 Å². The smallest absolute Gasteiger partial charge is 0.329 e. The molecule has 1 heterocycles. The summed E-state index contributed by atoms with van der Waals surface area (Å²) in [7, 11) is 0. The first-order chi connectivity index (χ1) is 34.2. The normalized spacial score (nSPS) is 24.8. The van der Waals surface area contributed by atoms with E-state index < -0.39 is 132 Å². The standard InChI is InChI=1S/C53H94N8O12/c1-13-34(11)21-19-17-15-16-18-20-22-36-28-43(63)55-37(23-24-42(54)62)47(66)56-38(25-30(3)4)48(67)57-39(26-31(5)6)50(69)60-45(33(9)10)52(71)59-41(29-44(64)65)49(68)58-40(27-32(7)8)51(70)61-46(35(12)14-2)53(72)73-36/h30-41,45-46H,13-29H2,1-12H3,(H2,54,62)(H,55,63)(H,56,66)(H,57,67)(H,58,68)(H,59,71)(H,60,69)(H,61,70)(H,64,65)/t34-,35-,36+,37-,38-,39+,40+,41-,45-,46-/m0/s1. The number of rotatable bonds is 24. The molecule has 10 N–H and O–H groups in total. The van der Waals surface area contributed by atoms with Gasteiger partial charge in [-0.1, -0.05) is 134 Å². The van der Waals surface area contributed by atoms with Gasteiger partial charge in [-0.2, -0.15) is 0 Å². The first kappa shape index (κ1) is 65.7. The zero-order valence-corrected chi connectivity index (χ0v) is 46.1. The molecule has 0 saturated carbocycles. The third kappa shape index (κ3) is 26.5. The van der Waals surface area contributed by atoms with Gasteiger partial charge in [0.05, 0.1) is 12.8 Å². The number of unbranched alkanes of at least 4 members (excludes halogenated alkanes) is 5. The van der Waals surface area contributed by atoms with Crippen LogP contribution in [-0.4, -0.2) is 113 Å². The van der Waals surface area contributed by atoms with Gasteiger partial charge in [0.2, 0.25) is 47.3 Å². The average Bonchev–Trinajstić information content (AvgIpc) is 3.29. The zero-order chi connectivity index (χ0) is 55.5. The highest BCUT2D eigenvalue weighted by Gasteiger charge is 2.38. The first-order valence-electron chi connectivity index (χ1n) is 27.0. The molecule has 1 fully saturated rings. The molecular weight excluding hydrogens is 941 g/mol. The number of primary amides is 1. The molecule has 0 bridgehead atoms. The number of nitrogens with two attached hydrogens (primary N) is 1. The third-order valence-electron chi connectivity index (χ3n) is 13.2. The Morgan fingerprint density at radius 1 is 0.548 bits per heavy atom. The molecule has 418 valence electrons. The number of carboxylic acids is 1. The predicted octanol–water partition coefficient (Wildman–Crippen LogP) is 4.44. The van der Waals surface area contributed by atoms with E-state index in [-0.39, 0.29) is 56.3 Å². The molecule has 0 unspecified atom stereocenters. The Balaban J connectivity index is 3.97. The van der Waals surface area contributed by atoms with E-state index >= 15 is 0 Å². The summed E-state index contributed by atoms with van der Waals surface area (Å²) in [5.74, 6) is -9.74. The van der Waals surface area contributed by atoms with Crippen molar-refractivity contribution >= 4 is 59.2 Å². The van der Waals surface area contributed by atoms with Crippen LogP contribution in [0.5, 0.6) is 0 Å². The Morgan fingerprint density at radius 2 is 0.986 bits per heavy atom. The molecular formula is C53H94N8O12. The van der Waals surface area contributed by atoms with Crippen molar-refractivity contribution in [1.82, 2.24) is 37.2 Å². The van der Waals surface area contributed by atoms with Crippen LogP contribution in [0.3, 0.4) is 0 Å². The van der Waals surface area contributed by atoms with Crippen molar-refractivity contribution in [3.63, 3.8) is 0 Å². The van der Waals surface area contributed by atoms with E-state index in [0.29, 0.717) is 18.8 Å². The second-order valence-electron chi connectivity index (χ2n) is 21.9. The molecule has 1 aliphatic rings. The lowest BCUT2D eigenvalue weighted by molar-refractivity contribution is -0.156. The summed E-state index contributed by atoms with van der Waals surface area (Å²) < 4.78 is 6.08. The van der Waals surface area contributed by atoms with E-state index in [4.69, 9.17) is 10.5 Å². The Morgan fingerprint density at radius 3 is 1.44 bits per heavy atom. The molecule has 0 aliphatic carbocycles. The molecule has 0 spiro atoms. The van der Waals surface area contributed by atoms with E-state index in [9.17, 15) is 53.1 Å². The van der Waals surface area contributed by atoms with Crippen molar-refractivity contribution in [3.05, 3.63) is 0 Å². The van der Waals surface area contributed by atoms with Crippen LogP contribution < -0.4 is 43.0 Å². The summed E-state index contributed by atoms with van der Waals surface area (Å²) in [5, 5.41) is 28.5. The van der Waals surface area contributed by atoms with Gasteiger partial charge in [-0.05, 0) is 74.0 Å². The number of nitrogens with one attached hydrogen (secondary N) is 7. The quantitative estimate of drug-likeness (QED) is 0.0479. The SMILES string of the molecule is CC[C@H](C)CCCCCCCC[C@@H]1CC(=O)N[C@@H](CCC(N)=O)C(=O)N[C@@H](CC(C)C)C(=O)N[C@H](CC(C)C)C(=O)N[C@@H](C(C)C)C(=O)N[C@@H](CC(=O)O)C(=O)N[C@H](CC(C)C)C(=O)N[C@@H]([C@@H](C)CC)C(=O)O1. The molecule has 20 heteroatoms. The van der Waals surface area contributed by atoms with Gasteiger partial charge in [0, 0.05) is 6.42 Å². The molecule has 20 nitrogen and oxygen atoms in total. The van der Waals surface area contributed by atoms with E-state index in [1.807, 2.05) is 34.6 Å². The summed E-state index contributed by atoms with van der Waals surface area (Å²) in [6.07, 6.45) is 5.82. The van der Waals surface area contributed by atoms with Crippen LogP contribution in [0.15, 0.2) is 0 Å². The summed E-state index contributed by atoms with van der Waals surface area (Å²) in [4.78, 5) is 137. The maximum absolute atomic E-state index is 14.3. The minimum atomic E-state index is -1.72. The highest BCUT2D eigenvalue weighted by atomic mass is 16.5. The molecule has 0 aromatic heterocycles. The number of hydrogen-bond acceptors (Lipinski definition) is 11. The molecule has 73 heavy (non-hydrogen) atoms. The number of ether oxygens (including phenoxy) is 1. The van der Waals surface area contributed by atoms with Crippen molar-refractivity contribution in [2.24, 2.45) is 41.2 Å². The molecule has 10 atom stereocenters. The van der Waals surface area contributed by atoms with Gasteiger partial charge in [-0.3, -0.25) is 43.2 Å². The summed E-state index contributed by atoms with van der Waals surface area (Å²) in [6, 6.07) is -9.49. The van der Waals surface area contributed by atoms with Crippen molar-refractivity contribution in [2.45, 2.75) is 241 Å². The van der Waals surface area contributed by atoms with Gasteiger partial charge < -0.3 is 52.8 Å². The fourth-order valence-corrected chi connectivity index (χ4v) is 8.51. The Kier molecular flexibility index (Phi) is 30.8. The van der Waals surface area contributed by atoms with Crippen molar-refractivity contribution in [1.29, 1.82) is 0 Å². The van der Waals surface area contributed by atoms with Gasteiger partial charge in [-0.25, -0.2) is 4.79 Å². The largest absolute Gasteiger partial charge is 0.481 e. The maximum atomic E-state index is 14.3. The Bertz CT molecular complexity index is 1810. The van der Waals surface area contributed by atoms with Crippen LogP contribution in [0, 0.1) is 35.5 Å². The molecule has 0 radical (unpaired) electrons. The number of esters is 1. The topological polar surface area (TPSA) is 310 Å². The number of cyclic esters (lactones) is 1. The van der Waals surface area contributed by atoms with Gasteiger partial charge in [0.15, 0.2) is 0 Å². The fraction of sp³-hybridized carbons (Fsp3) is 0.811. The minimum absolute atomic E-state index is 0.0458. The lowest BCUT2D eigenvalue weighted by Gasteiger charge is -2.30. The second kappa shape index (κ2) is 34.2. The second-order valence-corrected chi connectivity index (χ2v) is 21.9. The van der Waals surface area contributed by atoms with E-state index in [0.717, 1.165) is 44.9 Å². The minimum Gasteiger partial charge on any atom is -0.481 e. The van der Waals surface area contributed by atoms with Crippen LogP contribution in [0.4, 0.5) is 0 Å². The van der Waals surface area contributed by atoms with Crippen molar-refractivity contribution in [2.75, 3.05) is 0 Å². The fourth-order valence-electron chi connectivity index (χ4n) is 8.51. The monoisotopic (exact) mass is 1030 g/mol. The Hall–Kier alpha value is -5.30. The highest BCUT2D eigenvalue weighted by molar-refractivity contribution is 5.98. The van der Waals surface area contributed by atoms with E-state index in [1.165, 1.54) is 0 Å². The molecule has 1 saturated heterocycles. The molecule has 0 aromatic carbocycles. The van der Waals surface area contributed by atoms with Gasteiger partial charge in [0.1, 0.15) is 48.4 Å². The number of amides is 8. The number of hydrogen-bond donors (Lipinski definition) is 9. The van der Waals surface area contributed by atoms with Gasteiger partial charge >= 0.3 is 11.9 Å². The van der Waals surface area contributed by atoms with Crippen molar-refractivity contribution < 1.29 is 57.8 Å².